The summed E-state index contributed by atoms with van der Waals surface area (Å²) in [6.45, 7) is 7.36. The Kier molecular flexibility index (Phi) is 4.93. The summed E-state index contributed by atoms with van der Waals surface area (Å²) in [5.41, 5.74) is 4.07. The van der Waals surface area contributed by atoms with Crippen LogP contribution < -0.4 is 15.0 Å². The molecule has 0 bridgehead atoms. The summed E-state index contributed by atoms with van der Waals surface area (Å²) in [6.07, 6.45) is 3.75. The maximum atomic E-state index is 12.2. The standard InChI is InChI=1S/C22H22N4O2/c1-3-19(27)26-12-13-28-21-18(26)9-8-17-20(21)22(25-14-24-17)23-11-10-16-7-5-4-6-15(16)2/h3-9,14H,1,10-13H2,2H3,(H,23,24,25). The number of aromatic nitrogens is 2. The summed E-state index contributed by atoms with van der Waals surface area (Å²) in [7, 11) is 0. The van der Waals surface area contributed by atoms with Gasteiger partial charge in [-0.15, -0.1) is 0 Å². The molecule has 1 aliphatic heterocycles. The second-order valence-corrected chi connectivity index (χ2v) is 6.68. The first kappa shape index (κ1) is 18.0. The van der Waals surface area contributed by atoms with Crippen LogP contribution in [-0.2, 0) is 11.2 Å². The highest BCUT2D eigenvalue weighted by atomic mass is 16.5. The van der Waals surface area contributed by atoms with Crippen molar-refractivity contribution < 1.29 is 9.53 Å². The van der Waals surface area contributed by atoms with Crippen LogP contribution in [0, 0.1) is 6.92 Å². The number of carbonyl (C=O) groups is 1. The van der Waals surface area contributed by atoms with Gasteiger partial charge in [0, 0.05) is 6.54 Å². The van der Waals surface area contributed by atoms with E-state index in [0.29, 0.717) is 24.7 Å². The van der Waals surface area contributed by atoms with Gasteiger partial charge in [0.15, 0.2) is 5.75 Å². The Hall–Kier alpha value is -3.41. The van der Waals surface area contributed by atoms with Gasteiger partial charge in [0.05, 0.1) is 23.1 Å². The van der Waals surface area contributed by atoms with Gasteiger partial charge in [0.1, 0.15) is 18.8 Å². The summed E-state index contributed by atoms with van der Waals surface area (Å²) in [5.74, 6) is 1.20. The first-order valence-electron chi connectivity index (χ1n) is 9.32. The number of ether oxygens (including phenoxy) is 1. The quantitative estimate of drug-likeness (QED) is 0.693. The Balaban J connectivity index is 1.66. The molecule has 3 aromatic rings. The number of nitrogens with one attached hydrogen (secondary N) is 1. The minimum atomic E-state index is -0.144. The SMILES string of the molecule is C=CC(=O)N1CCOc2c1ccc1ncnc(NCCc3ccccc3C)c21. The molecule has 142 valence electrons. The van der Waals surface area contributed by atoms with E-state index < -0.39 is 0 Å². The Labute approximate surface area is 163 Å². The molecule has 0 atom stereocenters. The molecule has 0 saturated heterocycles. The first-order chi connectivity index (χ1) is 13.7. The normalized spacial score (nSPS) is 13.0. The van der Waals surface area contributed by atoms with Crippen molar-refractivity contribution in [3.05, 3.63) is 66.5 Å². The lowest BCUT2D eigenvalue weighted by atomic mass is 10.1. The van der Waals surface area contributed by atoms with E-state index in [9.17, 15) is 4.79 Å². The Morgan fingerprint density at radius 2 is 2.14 bits per heavy atom. The molecule has 2 heterocycles. The third kappa shape index (κ3) is 3.29. The smallest absolute Gasteiger partial charge is 0.250 e. The Bertz CT molecular complexity index is 1050. The van der Waals surface area contributed by atoms with Crippen LogP contribution in [0.1, 0.15) is 11.1 Å². The number of hydrogen-bond donors (Lipinski definition) is 1. The van der Waals surface area contributed by atoms with Gasteiger partial charge in [0.25, 0.3) is 5.91 Å². The van der Waals surface area contributed by atoms with Gasteiger partial charge in [-0.05, 0) is 42.7 Å². The van der Waals surface area contributed by atoms with Crippen LogP contribution >= 0.6 is 0 Å². The number of rotatable bonds is 5. The Morgan fingerprint density at radius 1 is 1.29 bits per heavy atom. The van der Waals surface area contributed by atoms with Gasteiger partial charge < -0.3 is 15.0 Å². The molecule has 6 nitrogen and oxygen atoms in total. The summed E-state index contributed by atoms with van der Waals surface area (Å²) < 4.78 is 5.94. The van der Waals surface area contributed by atoms with Crippen LogP contribution in [-0.4, -0.2) is 35.6 Å². The monoisotopic (exact) mass is 374 g/mol. The first-order valence-corrected chi connectivity index (χ1v) is 9.32. The number of carbonyl (C=O) groups excluding carboxylic acids is 1. The molecule has 0 radical (unpaired) electrons. The lowest BCUT2D eigenvalue weighted by molar-refractivity contribution is -0.114. The molecular weight excluding hydrogens is 352 g/mol. The second kappa shape index (κ2) is 7.68. The molecule has 0 unspecified atom stereocenters. The zero-order chi connectivity index (χ0) is 19.5. The molecule has 0 spiro atoms. The van der Waals surface area contributed by atoms with Crippen molar-refractivity contribution in [1.82, 2.24) is 9.97 Å². The predicted octanol–water partition coefficient (Wildman–Crippen LogP) is 3.50. The molecule has 0 fully saturated rings. The van der Waals surface area contributed by atoms with Gasteiger partial charge in [-0.1, -0.05) is 30.8 Å². The third-order valence-electron chi connectivity index (χ3n) is 4.98. The molecule has 0 saturated carbocycles. The second-order valence-electron chi connectivity index (χ2n) is 6.68. The lowest BCUT2D eigenvalue weighted by Gasteiger charge is -2.29. The van der Waals surface area contributed by atoms with Gasteiger partial charge in [-0.25, -0.2) is 9.97 Å². The maximum absolute atomic E-state index is 12.2. The van der Waals surface area contributed by atoms with E-state index >= 15 is 0 Å². The van der Waals surface area contributed by atoms with E-state index in [4.69, 9.17) is 4.74 Å². The molecule has 0 aliphatic carbocycles. The summed E-state index contributed by atoms with van der Waals surface area (Å²) >= 11 is 0. The van der Waals surface area contributed by atoms with Crippen molar-refractivity contribution in [2.45, 2.75) is 13.3 Å². The van der Waals surface area contributed by atoms with E-state index in [1.807, 2.05) is 18.2 Å². The largest absolute Gasteiger partial charge is 0.489 e. The average Bonchev–Trinajstić information content (AvgIpc) is 2.74. The fraction of sp³-hybridized carbons (Fsp3) is 0.227. The van der Waals surface area contributed by atoms with Crippen molar-refractivity contribution >= 4 is 28.3 Å². The van der Waals surface area contributed by atoms with Gasteiger partial charge in [-0.3, -0.25) is 4.79 Å². The third-order valence-corrected chi connectivity index (χ3v) is 4.98. The number of hydrogen-bond acceptors (Lipinski definition) is 5. The van der Waals surface area contributed by atoms with Crippen molar-refractivity contribution in [2.24, 2.45) is 0 Å². The number of aryl methyl sites for hydroxylation is 1. The molecule has 1 aromatic heterocycles. The van der Waals surface area contributed by atoms with Gasteiger partial charge in [0.2, 0.25) is 0 Å². The van der Waals surface area contributed by atoms with Crippen LogP contribution in [0.25, 0.3) is 10.9 Å². The summed E-state index contributed by atoms with van der Waals surface area (Å²) in [6, 6.07) is 12.1. The van der Waals surface area contributed by atoms with Crippen LogP contribution in [0.3, 0.4) is 0 Å². The van der Waals surface area contributed by atoms with E-state index in [-0.39, 0.29) is 5.91 Å². The van der Waals surface area contributed by atoms with E-state index in [1.54, 1.807) is 11.2 Å². The molecule has 1 aliphatic rings. The lowest BCUT2D eigenvalue weighted by Crippen LogP contribution is -2.36. The van der Waals surface area contributed by atoms with Crippen molar-refractivity contribution in [3.63, 3.8) is 0 Å². The summed E-state index contributed by atoms with van der Waals surface area (Å²) in [5, 5.41) is 4.21. The van der Waals surface area contributed by atoms with E-state index in [2.05, 4.69) is 47.0 Å². The highest BCUT2D eigenvalue weighted by molar-refractivity contribution is 6.07. The molecule has 6 heteroatoms. The van der Waals surface area contributed by atoms with Gasteiger partial charge >= 0.3 is 0 Å². The zero-order valence-corrected chi connectivity index (χ0v) is 15.8. The van der Waals surface area contributed by atoms with Crippen LogP contribution in [0.2, 0.25) is 0 Å². The van der Waals surface area contributed by atoms with Crippen LogP contribution in [0.4, 0.5) is 11.5 Å². The number of amides is 1. The minimum Gasteiger partial charge on any atom is -0.489 e. The Morgan fingerprint density at radius 3 is 2.96 bits per heavy atom. The molecule has 4 rings (SSSR count). The van der Waals surface area contributed by atoms with Crippen LogP contribution in [0.5, 0.6) is 5.75 Å². The molecule has 1 N–H and O–H groups in total. The minimum absolute atomic E-state index is 0.144. The number of nitrogens with zero attached hydrogens (tertiary/aromatic N) is 3. The zero-order valence-electron chi connectivity index (χ0n) is 15.8. The highest BCUT2D eigenvalue weighted by Crippen LogP contribution is 2.40. The maximum Gasteiger partial charge on any atom is 0.250 e. The van der Waals surface area contributed by atoms with Crippen LogP contribution in [0.15, 0.2) is 55.4 Å². The van der Waals surface area contributed by atoms with E-state index in [1.165, 1.54) is 17.2 Å². The average molecular weight is 374 g/mol. The fourth-order valence-electron chi connectivity index (χ4n) is 3.51. The van der Waals surface area contributed by atoms with Gasteiger partial charge in [-0.2, -0.15) is 0 Å². The summed E-state index contributed by atoms with van der Waals surface area (Å²) in [4.78, 5) is 22.7. The van der Waals surface area contributed by atoms with Crippen molar-refractivity contribution in [1.29, 1.82) is 0 Å². The van der Waals surface area contributed by atoms with Crippen molar-refractivity contribution in [2.75, 3.05) is 29.9 Å². The number of anilines is 2. The van der Waals surface area contributed by atoms with Crippen molar-refractivity contribution in [3.8, 4) is 5.75 Å². The number of benzene rings is 2. The van der Waals surface area contributed by atoms with E-state index in [0.717, 1.165) is 29.6 Å². The molecule has 28 heavy (non-hydrogen) atoms. The molecular formula is C22H22N4O2. The molecule has 1 amide bonds. The fourth-order valence-corrected chi connectivity index (χ4v) is 3.51. The molecule has 2 aromatic carbocycles. The highest BCUT2D eigenvalue weighted by Gasteiger charge is 2.25. The topological polar surface area (TPSA) is 67.4 Å². The number of fused-ring (bicyclic) bond motifs is 3. The predicted molar refractivity (Wildman–Crippen MR) is 111 cm³/mol.